The molecule has 96 valence electrons. The van der Waals surface area contributed by atoms with E-state index in [1.54, 1.807) is 13.3 Å². The quantitative estimate of drug-likeness (QED) is 0.792. The molecule has 1 atom stereocenters. The summed E-state index contributed by atoms with van der Waals surface area (Å²) in [6.45, 7) is 0. The molecule has 0 bridgehead atoms. The number of hydrogen-bond donors (Lipinski definition) is 0. The van der Waals surface area contributed by atoms with Gasteiger partial charge in [-0.2, -0.15) is 0 Å². The number of halogens is 2. The Kier molecular flexibility index (Phi) is 3.09. The van der Waals surface area contributed by atoms with E-state index in [9.17, 15) is 0 Å². The third kappa shape index (κ3) is 1.88. The molecule has 0 aliphatic carbocycles. The van der Waals surface area contributed by atoms with E-state index >= 15 is 0 Å². The zero-order chi connectivity index (χ0) is 13.5. The van der Waals surface area contributed by atoms with Crippen molar-refractivity contribution in [2.24, 2.45) is 4.99 Å². The van der Waals surface area contributed by atoms with Crippen LogP contribution in [0.2, 0.25) is 10.0 Å². The predicted octanol–water partition coefficient (Wildman–Crippen LogP) is 4.60. The molecule has 4 heteroatoms. The van der Waals surface area contributed by atoms with Crippen molar-refractivity contribution in [3.8, 4) is 0 Å². The fourth-order valence-electron chi connectivity index (χ4n) is 2.40. The summed E-state index contributed by atoms with van der Waals surface area (Å²) in [6, 6.07) is 13.2. The smallest absolute Gasteiger partial charge is 0.156 e. The first-order chi connectivity index (χ1) is 9.17. The highest BCUT2D eigenvalue weighted by molar-refractivity contribution is 6.32. The van der Waals surface area contributed by atoms with Crippen LogP contribution in [0.5, 0.6) is 0 Å². The highest BCUT2D eigenvalue weighted by Crippen LogP contribution is 2.45. The first-order valence-corrected chi connectivity index (χ1v) is 6.58. The highest BCUT2D eigenvalue weighted by Gasteiger charge is 2.40. The topological polar surface area (TPSA) is 21.6 Å². The highest BCUT2D eigenvalue weighted by atomic mass is 35.5. The Morgan fingerprint density at radius 2 is 1.84 bits per heavy atom. The van der Waals surface area contributed by atoms with E-state index < -0.39 is 5.60 Å². The van der Waals surface area contributed by atoms with Gasteiger partial charge in [-0.25, -0.2) is 0 Å². The number of rotatable bonds is 2. The van der Waals surface area contributed by atoms with E-state index in [1.165, 1.54) is 0 Å². The fraction of sp³-hybridized carbons (Fsp3) is 0.133. The Hall–Kier alpha value is -1.35. The van der Waals surface area contributed by atoms with Crippen molar-refractivity contribution in [1.82, 2.24) is 0 Å². The van der Waals surface area contributed by atoms with Gasteiger partial charge in [-0.3, -0.25) is 4.99 Å². The molecule has 0 amide bonds. The van der Waals surface area contributed by atoms with Gasteiger partial charge in [0.1, 0.15) is 0 Å². The minimum Gasteiger partial charge on any atom is -0.363 e. The van der Waals surface area contributed by atoms with Gasteiger partial charge in [0, 0.05) is 34.5 Å². The van der Waals surface area contributed by atoms with Gasteiger partial charge in [-0.05, 0) is 24.3 Å². The summed E-state index contributed by atoms with van der Waals surface area (Å²) in [6.07, 6.45) is 1.77. The molecular weight excluding hydrogens is 281 g/mol. The molecule has 2 aromatic rings. The maximum atomic E-state index is 6.30. The summed E-state index contributed by atoms with van der Waals surface area (Å²) >= 11 is 12.4. The predicted molar refractivity (Wildman–Crippen MR) is 78.8 cm³/mol. The SMILES string of the molecule is COC1(c2ccccc2Cl)C=Nc2ccc(Cl)cc21. The average Bonchev–Trinajstić information content (AvgIpc) is 2.78. The minimum atomic E-state index is -0.765. The summed E-state index contributed by atoms with van der Waals surface area (Å²) in [4.78, 5) is 4.42. The van der Waals surface area contributed by atoms with Crippen LogP contribution in [-0.2, 0) is 10.3 Å². The molecule has 0 N–H and O–H groups in total. The van der Waals surface area contributed by atoms with Gasteiger partial charge < -0.3 is 4.74 Å². The van der Waals surface area contributed by atoms with Crippen LogP contribution < -0.4 is 0 Å². The molecule has 0 saturated heterocycles. The van der Waals surface area contributed by atoms with Gasteiger partial charge >= 0.3 is 0 Å². The van der Waals surface area contributed by atoms with Gasteiger partial charge in [0.15, 0.2) is 5.60 Å². The lowest BCUT2D eigenvalue weighted by Crippen LogP contribution is -2.29. The van der Waals surface area contributed by atoms with Crippen molar-refractivity contribution in [2.45, 2.75) is 5.60 Å². The maximum Gasteiger partial charge on any atom is 0.156 e. The second-order valence-corrected chi connectivity index (χ2v) is 5.18. The Bertz CT molecular complexity index is 669. The molecule has 1 unspecified atom stereocenters. The van der Waals surface area contributed by atoms with Gasteiger partial charge in [0.25, 0.3) is 0 Å². The molecule has 2 aromatic carbocycles. The summed E-state index contributed by atoms with van der Waals surface area (Å²) < 4.78 is 5.75. The molecule has 19 heavy (non-hydrogen) atoms. The second kappa shape index (κ2) is 4.64. The van der Waals surface area contributed by atoms with E-state index in [0.29, 0.717) is 10.0 Å². The van der Waals surface area contributed by atoms with E-state index in [-0.39, 0.29) is 0 Å². The monoisotopic (exact) mass is 291 g/mol. The van der Waals surface area contributed by atoms with Crippen LogP contribution in [0.4, 0.5) is 5.69 Å². The van der Waals surface area contributed by atoms with Gasteiger partial charge in [-0.15, -0.1) is 0 Å². The third-order valence-corrected chi connectivity index (χ3v) is 3.90. The van der Waals surface area contributed by atoms with Crippen LogP contribution in [0.15, 0.2) is 47.5 Å². The molecule has 0 aromatic heterocycles. The van der Waals surface area contributed by atoms with Crippen LogP contribution in [0, 0.1) is 0 Å². The Labute approximate surface area is 121 Å². The number of aliphatic imine (C=N–C) groups is 1. The minimum absolute atomic E-state index is 0.642. The first-order valence-electron chi connectivity index (χ1n) is 5.83. The van der Waals surface area contributed by atoms with Gasteiger partial charge in [0.05, 0.1) is 5.69 Å². The van der Waals surface area contributed by atoms with Crippen molar-refractivity contribution in [3.05, 3.63) is 63.6 Å². The average molecular weight is 292 g/mol. The summed E-state index contributed by atoms with van der Waals surface area (Å²) in [7, 11) is 1.64. The Morgan fingerprint density at radius 3 is 2.58 bits per heavy atom. The Morgan fingerprint density at radius 1 is 1.05 bits per heavy atom. The van der Waals surface area contributed by atoms with Crippen molar-refractivity contribution in [1.29, 1.82) is 0 Å². The molecule has 3 rings (SSSR count). The number of nitrogens with zero attached hydrogens (tertiary/aromatic N) is 1. The lowest BCUT2D eigenvalue weighted by Gasteiger charge is -2.27. The molecule has 1 aliphatic heterocycles. The zero-order valence-electron chi connectivity index (χ0n) is 10.2. The van der Waals surface area contributed by atoms with Crippen LogP contribution in [0.3, 0.4) is 0 Å². The third-order valence-electron chi connectivity index (χ3n) is 3.34. The first kappa shape index (κ1) is 12.7. The van der Waals surface area contributed by atoms with E-state index in [0.717, 1.165) is 16.8 Å². The molecule has 0 fully saturated rings. The number of ether oxygens (including phenoxy) is 1. The fourth-order valence-corrected chi connectivity index (χ4v) is 2.85. The molecule has 2 nitrogen and oxygen atoms in total. The van der Waals surface area contributed by atoms with Crippen LogP contribution in [0.25, 0.3) is 0 Å². The molecule has 1 aliphatic rings. The van der Waals surface area contributed by atoms with Crippen molar-refractivity contribution < 1.29 is 4.74 Å². The molecule has 1 heterocycles. The van der Waals surface area contributed by atoms with E-state index in [1.807, 2.05) is 42.5 Å². The summed E-state index contributed by atoms with van der Waals surface area (Å²) in [5.41, 5.74) is 1.86. The largest absolute Gasteiger partial charge is 0.363 e. The zero-order valence-corrected chi connectivity index (χ0v) is 11.7. The van der Waals surface area contributed by atoms with Crippen LogP contribution >= 0.6 is 23.2 Å². The van der Waals surface area contributed by atoms with E-state index in [2.05, 4.69) is 4.99 Å². The van der Waals surface area contributed by atoms with Crippen LogP contribution in [-0.4, -0.2) is 13.3 Å². The van der Waals surface area contributed by atoms with Crippen molar-refractivity contribution >= 4 is 35.1 Å². The molecule has 0 saturated carbocycles. The number of fused-ring (bicyclic) bond motifs is 1. The maximum absolute atomic E-state index is 6.30. The normalized spacial score (nSPS) is 20.6. The van der Waals surface area contributed by atoms with E-state index in [4.69, 9.17) is 27.9 Å². The number of hydrogen-bond acceptors (Lipinski definition) is 2. The van der Waals surface area contributed by atoms with Crippen molar-refractivity contribution in [2.75, 3.05) is 7.11 Å². The second-order valence-electron chi connectivity index (χ2n) is 4.34. The van der Waals surface area contributed by atoms with Gasteiger partial charge in [-0.1, -0.05) is 41.4 Å². The number of benzene rings is 2. The van der Waals surface area contributed by atoms with Crippen LogP contribution in [0.1, 0.15) is 11.1 Å². The lowest BCUT2D eigenvalue weighted by molar-refractivity contribution is 0.0906. The summed E-state index contributed by atoms with van der Waals surface area (Å²) in [5.74, 6) is 0. The molecule has 0 spiro atoms. The van der Waals surface area contributed by atoms with Gasteiger partial charge in [0.2, 0.25) is 0 Å². The summed E-state index contributed by atoms with van der Waals surface area (Å²) in [5, 5.41) is 1.29. The lowest BCUT2D eigenvalue weighted by atomic mass is 9.88. The molecular formula is C15H11Cl2NO. The number of methoxy groups -OCH3 is 1. The van der Waals surface area contributed by atoms with Crippen molar-refractivity contribution in [3.63, 3.8) is 0 Å². The molecule has 0 radical (unpaired) electrons. The standard InChI is InChI=1S/C15H11Cl2NO/c1-19-15(11-4-2-3-5-13(11)17)9-18-14-7-6-10(16)8-12(14)15/h2-9H,1H3. The Balaban J connectivity index is 2.27.